The number of benzene rings is 1. The molecule has 1 rings (SSSR count). The van der Waals surface area contributed by atoms with Crippen LogP contribution in [0, 0.1) is 0 Å². The van der Waals surface area contributed by atoms with E-state index in [1.54, 1.807) is 24.0 Å². The summed E-state index contributed by atoms with van der Waals surface area (Å²) in [5.41, 5.74) is 0.993. The van der Waals surface area contributed by atoms with Crippen LogP contribution < -0.4 is 0 Å². The van der Waals surface area contributed by atoms with Crippen LogP contribution in [0.25, 0.3) is 0 Å². The Morgan fingerprint density at radius 2 is 1.81 bits per heavy atom. The molecule has 0 unspecified atom stereocenters. The van der Waals surface area contributed by atoms with Gasteiger partial charge in [-0.1, -0.05) is 30.7 Å². The van der Waals surface area contributed by atoms with Crippen molar-refractivity contribution in [1.29, 1.82) is 0 Å². The highest BCUT2D eigenvalue weighted by atomic mass is 35.5. The van der Waals surface area contributed by atoms with Gasteiger partial charge in [0.25, 0.3) is 0 Å². The number of carbonyl (C=O) groups is 2. The Hall–Kier alpha value is -1.55. The molecule has 0 aliphatic heterocycles. The van der Waals surface area contributed by atoms with E-state index in [1.165, 1.54) is 0 Å². The molecule has 0 aliphatic rings. The van der Waals surface area contributed by atoms with Crippen molar-refractivity contribution in [3.63, 3.8) is 0 Å². The van der Waals surface area contributed by atoms with E-state index in [0.29, 0.717) is 31.1 Å². The molecule has 1 aromatic rings. The van der Waals surface area contributed by atoms with Gasteiger partial charge in [-0.3, -0.25) is 9.59 Å². The summed E-state index contributed by atoms with van der Waals surface area (Å²) in [7, 11) is 0. The van der Waals surface area contributed by atoms with Crippen LogP contribution in [0.15, 0.2) is 24.3 Å². The Bertz CT molecular complexity index is 459. The standard InChI is InChI=1S/C16H22ClNO3/c1-3-5-15(19)18(11-10-16(20)21-4-2)12-13-6-8-14(17)9-7-13/h6-9H,3-5,10-12H2,1-2H3. The first kappa shape index (κ1) is 17.5. The topological polar surface area (TPSA) is 46.6 Å². The third-order valence-corrected chi connectivity index (χ3v) is 3.25. The first-order chi connectivity index (χ1) is 10.1. The van der Waals surface area contributed by atoms with Gasteiger partial charge >= 0.3 is 5.97 Å². The van der Waals surface area contributed by atoms with Crippen LogP contribution in [0.5, 0.6) is 0 Å². The van der Waals surface area contributed by atoms with E-state index >= 15 is 0 Å². The number of ether oxygens (including phenoxy) is 1. The summed E-state index contributed by atoms with van der Waals surface area (Å²) in [4.78, 5) is 25.3. The van der Waals surface area contributed by atoms with Crippen molar-refractivity contribution in [2.45, 2.75) is 39.7 Å². The highest BCUT2D eigenvalue weighted by Crippen LogP contribution is 2.13. The fourth-order valence-corrected chi connectivity index (χ4v) is 2.06. The van der Waals surface area contributed by atoms with Gasteiger partial charge in [0.15, 0.2) is 0 Å². The molecule has 0 heterocycles. The zero-order chi connectivity index (χ0) is 15.7. The SMILES string of the molecule is CCCC(=O)N(CCC(=O)OCC)Cc1ccc(Cl)cc1. The predicted molar refractivity (Wildman–Crippen MR) is 83.0 cm³/mol. The molecule has 0 bridgehead atoms. The van der Waals surface area contributed by atoms with E-state index in [9.17, 15) is 9.59 Å². The van der Waals surface area contributed by atoms with Crippen molar-refractivity contribution in [2.75, 3.05) is 13.2 Å². The van der Waals surface area contributed by atoms with Crippen LogP contribution >= 0.6 is 11.6 Å². The monoisotopic (exact) mass is 311 g/mol. The molecule has 0 saturated heterocycles. The van der Waals surface area contributed by atoms with Gasteiger partial charge in [0, 0.05) is 24.5 Å². The average molecular weight is 312 g/mol. The third kappa shape index (κ3) is 6.63. The molecule has 0 fully saturated rings. The van der Waals surface area contributed by atoms with Crippen molar-refractivity contribution in [1.82, 2.24) is 4.90 Å². The van der Waals surface area contributed by atoms with Crippen LogP contribution in [0.2, 0.25) is 5.02 Å². The predicted octanol–water partition coefficient (Wildman–Crippen LogP) is 3.42. The summed E-state index contributed by atoms with van der Waals surface area (Å²) in [5.74, 6) is -0.223. The van der Waals surface area contributed by atoms with E-state index in [1.807, 2.05) is 19.1 Å². The molecule has 0 saturated carbocycles. The number of amides is 1. The summed E-state index contributed by atoms with van der Waals surface area (Å²) in [6, 6.07) is 7.37. The number of esters is 1. The Morgan fingerprint density at radius 1 is 1.14 bits per heavy atom. The maximum Gasteiger partial charge on any atom is 0.307 e. The molecule has 0 N–H and O–H groups in total. The van der Waals surface area contributed by atoms with Crippen molar-refractivity contribution in [2.24, 2.45) is 0 Å². The summed E-state index contributed by atoms with van der Waals surface area (Å²) in [6.07, 6.45) is 1.49. The second kappa shape index (κ2) is 9.40. The lowest BCUT2D eigenvalue weighted by Gasteiger charge is -2.22. The van der Waals surface area contributed by atoms with Crippen molar-refractivity contribution < 1.29 is 14.3 Å². The summed E-state index contributed by atoms with van der Waals surface area (Å²) >= 11 is 5.86. The molecule has 1 aromatic carbocycles. The summed E-state index contributed by atoms with van der Waals surface area (Å²) in [6.45, 7) is 4.95. The maximum atomic E-state index is 12.1. The molecule has 5 heteroatoms. The molecule has 0 spiro atoms. The molecule has 1 amide bonds. The molecule has 0 aromatic heterocycles. The minimum absolute atomic E-state index is 0.0525. The zero-order valence-corrected chi connectivity index (χ0v) is 13.4. The molecule has 0 aliphatic carbocycles. The normalized spacial score (nSPS) is 10.2. The fraction of sp³-hybridized carbons (Fsp3) is 0.500. The first-order valence-electron chi connectivity index (χ1n) is 7.24. The quantitative estimate of drug-likeness (QED) is 0.691. The Kier molecular flexibility index (Phi) is 7.83. The zero-order valence-electron chi connectivity index (χ0n) is 12.6. The number of nitrogens with zero attached hydrogens (tertiary/aromatic N) is 1. The fourth-order valence-electron chi connectivity index (χ4n) is 1.93. The second-order valence-electron chi connectivity index (χ2n) is 4.75. The van der Waals surface area contributed by atoms with E-state index in [0.717, 1.165) is 12.0 Å². The van der Waals surface area contributed by atoms with Gasteiger partial charge in [0.2, 0.25) is 5.91 Å². The summed E-state index contributed by atoms with van der Waals surface area (Å²) in [5, 5.41) is 0.664. The van der Waals surface area contributed by atoms with Crippen LogP contribution in [0.4, 0.5) is 0 Å². The Labute approximate surface area is 131 Å². The van der Waals surface area contributed by atoms with E-state index in [4.69, 9.17) is 16.3 Å². The lowest BCUT2D eigenvalue weighted by Crippen LogP contribution is -2.32. The van der Waals surface area contributed by atoms with Crippen LogP contribution in [-0.2, 0) is 20.9 Å². The molecule has 4 nitrogen and oxygen atoms in total. The minimum atomic E-state index is -0.275. The van der Waals surface area contributed by atoms with Gasteiger partial charge in [0.1, 0.15) is 0 Å². The van der Waals surface area contributed by atoms with Crippen molar-refractivity contribution in [3.05, 3.63) is 34.9 Å². The molecule has 116 valence electrons. The lowest BCUT2D eigenvalue weighted by molar-refractivity contribution is -0.144. The molecule has 0 atom stereocenters. The number of hydrogen-bond donors (Lipinski definition) is 0. The van der Waals surface area contributed by atoms with Gasteiger partial charge in [-0.2, -0.15) is 0 Å². The number of halogens is 1. The lowest BCUT2D eigenvalue weighted by atomic mass is 10.2. The number of hydrogen-bond acceptors (Lipinski definition) is 3. The molecular formula is C16H22ClNO3. The molecule has 0 radical (unpaired) electrons. The Morgan fingerprint density at radius 3 is 2.38 bits per heavy atom. The third-order valence-electron chi connectivity index (χ3n) is 2.99. The van der Waals surface area contributed by atoms with Crippen molar-refractivity contribution >= 4 is 23.5 Å². The van der Waals surface area contributed by atoms with Gasteiger partial charge < -0.3 is 9.64 Å². The van der Waals surface area contributed by atoms with Crippen LogP contribution in [0.3, 0.4) is 0 Å². The van der Waals surface area contributed by atoms with Gasteiger partial charge in [-0.25, -0.2) is 0 Å². The maximum absolute atomic E-state index is 12.1. The van der Waals surface area contributed by atoms with Crippen molar-refractivity contribution in [3.8, 4) is 0 Å². The molecule has 21 heavy (non-hydrogen) atoms. The van der Waals surface area contributed by atoms with Gasteiger partial charge in [-0.15, -0.1) is 0 Å². The highest BCUT2D eigenvalue weighted by molar-refractivity contribution is 6.30. The largest absolute Gasteiger partial charge is 0.466 e. The Balaban J connectivity index is 2.65. The average Bonchev–Trinajstić information content (AvgIpc) is 2.46. The van der Waals surface area contributed by atoms with E-state index < -0.39 is 0 Å². The van der Waals surface area contributed by atoms with E-state index in [-0.39, 0.29) is 18.3 Å². The van der Waals surface area contributed by atoms with E-state index in [2.05, 4.69) is 0 Å². The molecular weight excluding hydrogens is 290 g/mol. The van der Waals surface area contributed by atoms with Gasteiger partial charge in [0.05, 0.1) is 13.0 Å². The number of rotatable bonds is 8. The minimum Gasteiger partial charge on any atom is -0.466 e. The smallest absolute Gasteiger partial charge is 0.307 e. The second-order valence-corrected chi connectivity index (χ2v) is 5.18. The first-order valence-corrected chi connectivity index (χ1v) is 7.62. The van der Waals surface area contributed by atoms with Crippen LogP contribution in [-0.4, -0.2) is 29.9 Å². The van der Waals surface area contributed by atoms with Gasteiger partial charge in [-0.05, 0) is 31.0 Å². The van der Waals surface area contributed by atoms with Crippen LogP contribution in [0.1, 0.15) is 38.7 Å². The highest BCUT2D eigenvalue weighted by Gasteiger charge is 2.15. The number of carbonyl (C=O) groups excluding carboxylic acids is 2. The summed E-state index contributed by atoms with van der Waals surface area (Å²) < 4.78 is 4.90.